The zero-order chi connectivity index (χ0) is 21.9. The topological polar surface area (TPSA) is 81.2 Å². The van der Waals surface area contributed by atoms with Crippen LogP contribution in [0.4, 0.5) is 11.4 Å². The van der Waals surface area contributed by atoms with Gasteiger partial charge in [0.2, 0.25) is 15.9 Å². The first kappa shape index (κ1) is 22.3. The number of hydrogen-bond acceptors (Lipinski definition) is 5. The van der Waals surface area contributed by atoms with Crippen molar-refractivity contribution >= 4 is 27.3 Å². The molecule has 3 aliphatic heterocycles. The second-order valence-electron chi connectivity index (χ2n) is 7.81. The molecule has 8 heteroatoms. The van der Waals surface area contributed by atoms with E-state index in [1.165, 1.54) is 10.6 Å². The van der Waals surface area contributed by atoms with Crippen LogP contribution in [0.25, 0.3) is 0 Å². The molecule has 3 aliphatic rings. The highest BCUT2D eigenvalue weighted by molar-refractivity contribution is 7.92. The molecule has 0 saturated carbocycles. The Morgan fingerprint density at radius 2 is 1.80 bits per heavy atom. The molecule has 7 nitrogen and oxygen atoms in total. The number of aliphatic hydroxyl groups excluding tert-OH is 1. The number of carbonyl (C=O) groups is 1. The van der Waals surface area contributed by atoms with Crippen molar-refractivity contribution in [3.05, 3.63) is 60.2 Å². The van der Waals surface area contributed by atoms with Crippen molar-refractivity contribution in [1.29, 1.82) is 0 Å². The van der Waals surface area contributed by atoms with E-state index in [0.29, 0.717) is 6.54 Å². The molecule has 5 rings (SSSR count). The van der Waals surface area contributed by atoms with Crippen LogP contribution < -0.4 is 4.31 Å². The van der Waals surface area contributed by atoms with E-state index in [9.17, 15) is 18.3 Å². The summed E-state index contributed by atoms with van der Waals surface area (Å²) in [5.74, 6) is 0.0635. The lowest BCUT2D eigenvalue weighted by Gasteiger charge is -2.31. The van der Waals surface area contributed by atoms with Gasteiger partial charge in [0.1, 0.15) is 0 Å². The van der Waals surface area contributed by atoms with Crippen LogP contribution in [0.5, 0.6) is 0 Å². The number of nitrogens with zero attached hydrogens (tertiary/aromatic N) is 3. The van der Waals surface area contributed by atoms with Crippen LogP contribution in [0.2, 0.25) is 0 Å². The lowest BCUT2D eigenvalue weighted by Crippen LogP contribution is -2.38. The minimum atomic E-state index is -3.08. The van der Waals surface area contributed by atoms with E-state index in [1.807, 2.05) is 37.4 Å². The van der Waals surface area contributed by atoms with Crippen LogP contribution in [-0.4, -0.2) is 68.3 Å². The number of aliphatic hydroxyl groups is 1. The van der Waals surface area contributed by atoms with Crippen molar-refractivity contribution in [3.8, 4) is 0 Å². The van der Waals surface area contributed by atoms with E-state index in [1.54, 1.807) is 24.0 Å². The van der Waals surface area contributed by atoms with E-state index in [4.69, 9.17) is 0 Å². The predicted octanol–water partition coefficient (Wildman–Crippen LogP) is 2.37. The first-order valence-electron chi connectivity index (χ1n) is 9.96. The van der Waals surface area contributed by atoms with Gasteiger partial charge in [0, 0.05) is 33.6 Å². The molecule has 1 saturated heterocycles. The molecule has 2 unspecified atom stereocenters. The fraction of sp³-hybridized carbons (Fsp3) is 0.409. The van der Waals surface area contributed by atoms with Gasteiger partial charge in [-0.2, -0.15) is 0 Å². The Kier molecular flexibility index (Phi) is 6.80. The minimum Gasteiger partial charge on any atom is -0.392 e. The van der Waals surface area contributed by atoms with Crippen molar-refractivity contribution in [1.82, 2.24) is 9.80 Å². The highest BCUT2D eigenvalue weighted by atomic mass is 32.2. The average molecular weight is 432 g/mol. The number of rotatable bonds is 5. The molecule has 1 N–H and O–H groups in total. The molecule has 2 aromatic rings. The van der Waals surface area contributed by atoms with E-state index in [0.717, 1.165) is 36.4 Å². The number of carbonyl (C=O) groups excluding carboxylic acids is 1. The molecule has 0 spiro atoms. The van der Waals surface area contributed by atoms with Crippen LogP contribution in [0, 0.1) is 0 Å². The molecule has 162 valence electrons. The van der Waals surface area contributed by atoms with Gasteiger partial charge in [0.25, 0.3) is 0 Å². The van der Waals surface area contributed by atoms with Crippen molar-refractivity contribution in [2.45, 2.75) is 25.5 Å². The molecule has 2 bridgehead atoms. The minimum absolute atomic E-state index is 0.0454. The summed E-state index contributed by atoms with van der Waals surface area (Å²) >= 11 is 0. The Hall–Kier alpha value is -2.42. The number of likely N-dealkylation sites (N-methyl/N-ethyl adjacent to an activating group) is 1. The molecule has 30 heavy (non-hydrogen) atoms. The molecule has 0 aliphatic carbocycles. The zero-order valence-electron chi connectivity index (χ0n) is 17.6. The monoisotopic (exact) mass is 431 g/mol. The van der Waals surface area contributed by atoms with Crippen LogP contribution in [0.3, 0.4) is 0 Å². The molecule has 0 aromatic heterocycles. The molecule has 3 heterocycles. The Balaban J connectivity index is 0.000000196. The third-order valence-corrected chi connectivity index (χ3v) is 6.54. The Bertz CT molecular complexity index is 954. The van der Waals surface area contributed by atoms with Crippen LogP contribution in [-0.2, 0) is 14.8 Å². The number of hydrogen-bond donors (Lipinski definition) is 1. The number of benzene rings is 2. The van der Waals surface area contributed by atoms with Crippen molar-refractivity contribution in [2.24, 2.45) is 0 Å². The van der Waals surface area contributed by atoms with Crippen molar-refractivity contribution in [2.75, 3.05) is 37.2 Å². The lowest BCUT2D eigenvalue weighted by atomic mass is 10.1. The van der Waals surface area contributed by atoms with Gasteiger partial charge in [-0.3, -0.25) is 9.69 Å². The summed E-state index contributed by atoms with van der Waals surface area (Å²) in [6.07, 6.45) is 1.80. The summed E-state index contributed by atoms with van der Waals surface area (Å²) in [5, 5.41) is 9.61. The molecule has 2 atom stereocenters. The summed E-state index contributed by atoms with van der Waals surface area (Å²) < 4.78 is 23.4. The fourth-order valence-corrected chi connectivity index (χ4v) is 4.77. The highest BCUT2D eigenvalue weighted by Gasteiger charge is 2.27. The van der Waals surface area contributed by atoms with Crippen LogP contribution >= 0.6 is 0 Å². The quantitative estimate of drug-likeness (QED) is 0.786. The molecular weight excluding hydrogens is 402 g/mol. The summed E-state index contributed by atoms with van der Waals surface area (Å²) in [4.78, 5) is 15.7. The highest BCUT2D eigenvalue weighted by Crippen LogP contribution is 2.38. The average Bonchev–Trinajstić information content (AvgIpc) is 3.11. The molecule has 0 radical (unpaired) electrons. The number of anilines is 2. The van der Waals surface area contributed by atoms with E-state index >= 15 is 0 Å². The van der Waals surface area contributed by atoms with Gasteiger partial charge in [-0.05, 0) is 30.2 Å². The van der Waals surface area contributed by atoms with Gasteiger partial charge in [-0.25, -0.2) is 12.7 Å². The van der Waals surface area contributed by atoms with Gasteiger partial charge in [-0.1, -0.05) is 36.4 Å². The van der Waals surface area contributed by atoms with Crippen molar-refractivity contribution in [3.63, 3.8) is 0 Å². The Morgan fingerprint density at radius 1 is 1.17 bits per heavy atom. The van der Waals surface area contributed by atoms with Crippen LogP contribution in [0.15, 0.2) is 54.6 Å². The summed E-state index contributed by atoms with van der Waals surface area (Å²) in [5.41, 5.74) is 2.65. The fourth-order valence-electron chi connectivity index (χ4n) is 3.78. The normalized spacial score (nSPS) is 18.8. The number of fused-ring (bicyclic) bond motifs is 2. The maximum atomic E-state index is 11.7. The first-order valence-corrected chi connectivity index (χ1v) is 11.8. The maximum absolute atomic E-state index is 11.7. The predicted molar refractivity (Wildman–Crippen MR) is 118 cm³/mol. The molecule has 1 amide bonds. The molecular formula is C22H29N3O4S. The number of sulfonamides is 1. The number of amides is 1. The van der Waals surface area contributed by atoms with E-state index in [2.05, 4.69) is 17.0 Å². The number of likely N-dealkylation sites (tertiary alicyclic amines) is 1. The Morgan fingerprint density at radius 3 is 2.23 bits per heavy atom. The van der Waals surface area contributed by atoms with Gasteiger partial charge in [-0.15, -0.1) is 0 Å². The molecule has 1 fully saturated rings. The van der Waals surface area contributed by atoms with E-state index in [-0.39, 0.29) is 18.1 Å². The van der Waals surface area contributed by atoms with Gasteiger partial charge < -0.3 is 10.0 Å². The zero-order valence-corrected chi connectivity index (χ0v) is 18.4. The number of β-amino-alcohol motifs (C(OH)–C–C–N with tert-alkyl or cyclic N) is 1. The second-order valence-corrected chi connectivity index (χ2v) is 9.64. The standard InChI is InChI=1S/C15H22N2O2.C7H7NO2S/c1-12(18)16(2)15(13-6-4-3-5-7-13)11-17-9-8-14(19)10-17;1-11(9,10)8-6-3-2-4-7(8)5-6/h3-7,14-15,19H,8-11H2,1-2H3;2-5H,1H3. The summed E-state index contributed by atoms with van der Waals surface area (Å²) in [6, 6.07) is 17.3. The third-order valence-electron chi connectivity index (χ3n) is 5.46. The van der Waals surface area contributed by atoms with Crippen molar-refractivity contribution < 1.29 is 18.3 Å². The SMILES string of the molecule is CC(=O)N(C)C(CN1CCC(O)C1)c1ccccc1.CS(=O)(=O)N1c2cccc1c2. The lowest BCUT2D eigenvalue weighted by molar-refractivity contribution is -0.130. The van der Waals surface area contributed by atoms with Gasteiger partial charge in [0.05, 0.1) is 29.8 Å². The maximum Gasteiger partial charge on any atom is 0.236 e. The van der Waals surface area contributed by atoms with Crippen LogP contribution in [0.1, 0.15) is 24.9 Å². The molecule has 2 aromatic carbocycles. The Labute approximate surface area is 178 Å². The van der Waals surface area contributed by atoms with Gasteiger partial charge >= 0.3 is 0 Å². The summed E-state index contributed by atoms with van der Waals surface area (Å²) in [7, 11) is -1.24. The largest absolute Gasteiger partial charge is 0.392 e. The third kappa shape index (κ3) is 5.19. The summed E-state index contributed by atoms with van der Waals surface area (Å²) in [6.45, 7) is 3.97. The smallest absolute Gasteiger partial charge is 0.236 e. The second kappa shape index (κ2) is 9.16. The van der Waals surface area contributed by atoms with Gasteiger partial charge in [0.15, 0.2) is 0 Å². The first-order chi connectivity index (χ1) is 14.2. The van der Waals surface area contributed by atoms with E-state index < -0.39 is 10.0 Å².